The summed E-state index contributed by atoms with van der Waals surface area (Å²) in [4.78, 5) is 20.2. The van der Waals surface area contributed by atoms with E-state index in [0.29, 0.717) is 23.4 Å². The van der Waals surface area contributed by atoms with Crippen molar-refractivity contribution in [3.05, 3.63) is 99.4 Å². The smallest absolute Gasteiger partial charge is 0.347 e. The van der Waals surface area contributed by atoms with E-state index < -0.39 is 5.63 Å². The Bertz CT molecular complexity index is 1350. The summed E-state index contributed by atoms with van der Waals surface area (Å²) in [5.74, 6) is 0.508. The maximum absolute atomic E-state index is 12.5. The second-order valence-corrected chi connectivity index (χ2v) is 7.10. The third-order valence-electron chi connectivity index (χ3n) is 4.79. The van der Waals surface area contributed by atoms with Gasteiger partial charge >= 0.3 is 5.63 Å². The van der Waals surface area contributed by atoms with E-state index in [1.807, 2.05) is 72.8 Å². The molecule has 0 saturated carbocycles. The average Bonchev–Trinajstić information content (AvgIpc) is 3.13. The number of aromatic nitrogens is 2. The number of benzene rings is 3. The fourth-order valence-corrected chi connectivity index (χ4v) is 3.59. The van der Waals surface area contributed by atoms with Crippen molar-refractivity contribution in [1.29, 1.82) is 0 Å². The van der Waals surface area contributed by atoms with Crippen molar-refractivity contribution >= 4 is 33.6 Å². The summed E-state index contributed by atoms with van der Waals surface area (Å²) in [6.45, 7) is 0. The second-order valence-electron chi connectivity index (χ2n) is 6.69. The molecule has 0 saturated heterocycles. The molecule has 0 unspecified atom stereocenters. The molecule has 4 nitrogen and oxygen atoms in total. The third-order valence-corrected chi connectivity index (χ3v) is 5.16. The number of nitrogens with one attached hydrogen (secondary N) is 1. The molecule has 0 radical (unpaired) electrons. The van der Waals surface area contributed by atoms with Crippen LogP contribution < -0.4 is 5.63 Å². The lowest BCUT2D eigenvalue weighted by molar-refractivity contribution is 0.563. The summed E-state index contributed by atoms with van der Waals surface area (Å²) in [5, 5.41) is 1.59. The summed E-state index contributed by atoms with van der Waals surface area (Å²) in [5.41, 5.74) is 4.38. The van der Waals surface area contributed by atoms with E-state index in [4.69, 9.17) is 16.0 Å². The van der Waals surface area contributed by atoms with Crippen LogP contribution in [-0.4, -0.2) is 9.97 Å². The summed E-state index contributed by atoms with van der Waals surface area (Å²) in [7, 11) is 0. The van der Waals surface area contributed by atoms with Crippen LogP contribution in [0.15, 0.2) is 82.0 Å². The van der Waals surface area contributed by atoms with Crippen LogP contribution in [0.4, 0.5) is 0 Å². The lowest BCUT2D eigenvalue weighted by Gasteiger charge is -2.06. The van der Waals surface area contributed by atoms with Gasteiger partial charge in [0.25, 0.3) is 0 Å². The van der Waals surface area contributed by atoms with Crippen LogP contribution in [0, 0.1) is 0 Å². The van der Waals surface area contributed by atoms with Crippen molar-refractivity contribution in [1.82, 2.24) is 9.97 Å². The molecular weight excluding hydrogens is 372 g/mol. The van der Waals surface area contributed by atoms with Crippen molar-refractivity contribution in [3.8, 4) is 11.4 Å². The third kappa shape index (κ3) is 2.98. The largest absolute Gasteiger partial charge is 0.422 e. The summed E-state index contributed by atoms with van der Waals surface area (Å²) in [6.07, 6.45) is 0.703. The predicted molar refractivity (Wildman–Crippen MR) is 112 cm³/mol. The Hall–Kier alpha value is -3.37. The topological polar surface area (TPSA) is 58.9 Å². The Morgan fingerprint density at radius 2 is 1.79 bits per heavy atom. The molecule has 136 valence electrons. The van der Waals surface area contributed by atoms with E-state index in [1.165, 1.54) is 0 Å². The Morgan fingerprint density at radius 3 is 2.64 bits per heavy atom. The molecule has 3 aromatic carbocycles. The van der Waals surface area contributed by atoms with Gasteiger partial charge in [-0.25, -0.2) is 9.78 Å². The highest BCUT2D eigenvalue weighted by Crippen LogP contribution is 2.25. The SMILES string of the molecule is O=c1oc2ccc(Cc3ccccc3Cl)cc2cc1-c1nc2ccccc2[nH]1. The normalized spacial score (nSPS) is 11.3. The Morgan fingerprint density at radius 1 is 0.964 bits per heavy atom. The second kappa shape index (κ2) is 6.66. The van der Waals surface area contributed by atoms with E-state index in [2.05, 4.69) is 9.97 Å². The van der Waals surface area contributed by atoms with E-state index in [-0.39, 0.29) is 0 Å². The van der Waals surface area contributed by atoms with Crippen molar-refractivity contribution in [3.63, 3.8) is 0 Å². The highest BCUT2D eigenvalue weighted by Gasteiger charge is 2.13. The molecule has 0 bridgehead atoms. The van der Waals surface area contributed by atoms with Gasteiger partial charge in [-0.15, -0.1) is 0 Å². The quantitative estimate of drug-likeness (QED) is 0.412. The van der Waals surface area contributed by atoms with Crippen LogP contribution >= 0.6 is 11.6 Å². The number of hydrogen-bond acceptors (Lipinski definition) is 3. The highest BCUT2D eigenvalue weighted by atomic mass is 35.5. The minimum Gasteiger partial charge on any atom is -0.422 e. The number of imidazole rings is 1. The number of H-pyrrole nitrogens is 1. The van der Waals surface area contributed by atoms with E-state index in [1.54, 1.807) is 0 Å². The monoisotopic (exact) mass is 386 g/mol. The van der Waals surface area contributed by atoms with Crippen molar-refractivity contribution in [2.24, 2.45) is 0 Å². The van der Waals surface area contributed by atoms with Crippen LogP contribution in [0.2, 0.25) is 5.02 Å². The summed E-state index contributed by atoms with van der Waals surface area (Å²) >= 11 is 6.28. The maximum Gasteiger partial charge on any atom is 0.347 e. The number of para-hydroxylation sites is 2. The van der Waals surface area contributed by atoms with Crippen LogP contribution in [0.25, 0.3) is 33.4 Å². The number of nitrogens with zero attached hydrogens (tertiary/aromatic N) is 1. The number of fused-ring (bicyclic) bond motifs is 2. The predicted octanol–water partition coefficient (Wildman–Crippen LogP) is 5.58. The molecule has 0 fully saturated rings. The molecule has 5 heteroatoms. The van der Waals surface area contributed by atoms with Gasteiger partial charge in [-0.3, -0.25) is 0 Å². The molecule has 2 aromatic heterocycles. The lowest BCUT2D eigenvalue weighted by atomic mass is 10.0. The lowest BCUT2D eigenvalue weighted by Crippen LogP contribution is -2.04. The molecule has 1 N–H and O–H groups in total. The molecule has 0 aliphatic carbocycles. The molecule has 0 aliphatic rings. The molecule has 0 aliphatic heterocycles. The van der Waals surface area contributed by atoms with Crippen molar-refractivity contribution < 1.29 is 4.42 Å². The Labute approximate surface area is 165 Å². The zero-order valence-corrected chi connectivity index (χ0v) is 15.5. The fraction of sp³-hybridized carbons (Fsp3) is 0.0435. The zero-order chi connectivity index (χ0) is 19.1. The van der Waals surface area contributed by atoms with Crippen LogP contribution in [0.5, 0.6) is 0 Å². The van der Waals surface area contributed by atoms with Crippen molar-refractivity contribution in [2.75, 3.05) is 0 Å². The van der Waals surface area contributed by atoms with Gasteiger partial charge in [-0.1, -0.05) is 48.0 Å². The molecule has 28 heavy (non-hydrogen) atoms. The van der Waals surface area contributed by atoms with Gasteiger partial charge in [0.05, 0.1) is 11.0 Å². The fourth-order valence-electron chi connectivity index (χ4n) is 3.39. The number of halogens is 1. The Kier molecular flexibility index (Phi) is 3.99. The first-order valence-corrected chi connectivity index (χ1v) is 9.30. The number of rotatable bonds is 3. The highest BCUT2D eigenvalue weighted by molar-refractivity contribution is 6.31. The average molecular weight is 387 g/mol. The molecule has 2 heterocycles. The zero-order valence-electron chi connectivity index (χ0n) is 14.8. The summed E-state index contributed by atoms with van der Waals surface area (Å²) in [6, 6.07) is 23.1. The van der Waals surface area contributed by atoms with Gasteiger partial charge in [-0.05, 0) is 53.9 Å². The molecule has 5 aromatic rings. The van der Waals surface area contributed by atoms with Crippen LogP contribution in [0.1, 0.15) is 11.1 Å². The Balaban J connectivity index is 1.60. The van der Waals surface area contributed by atoms with E-state index >= 15 is 0 Å². The van der Waals surface area contributed by atoms with Gasteiger partial charge < -0.3 is 9.40 Å². The maximum atomic E-state index is 12.5. The van der Waals surface area contributed by atoms with Gasteiger partial charge in [0.2, 0.25) is 0 Å². The van der Waals surface area contributed by atoms with Gasteiger partial charge in [0.15, 0.2) is 0 Å². The number of hydrogen-bond donors (Lipinski definition) is 1. The van der Waals surface area contributed by atoms with Crippen LogP contribution in [-0.2, 0) is 6.42 Å². The molecule has 0 amide bonds. The minimum atomic E-state index is -0.412. The van der Waals surface area contributed by atoms with Gasteiger partial charge in [0.1, 0.15) is 17.0 Å². The van der Waals surface area contributed by atoms with E-state index in [0.717, 1.165) is 32.6 Å². The standard InChI is InChI=1S/C23H15ClN2O2/c24-18-6-2-1-5-15(18)11-14-9-10-21-16(12-14)13-17(23(27)28-21)22-25-19-7-3-4-8-20(19)26-22/h1-10,12-13H,11H2,(H,25,26). The first-order chi connectivity index (χ1) is 13.7. The van der Waals surface area contributed by atoms with Crippen molar-refractivity contribution in [2.45, 2.75) is 6.42 Å². The molecule has 5 rings (SSSR count). The molecule has 0 atom stereocenters. The summed E-state index contributed by atoms with van der Waals surface area (Å²) < 4.78 is 5.53. The van der Waals surface area contributed by atoms with Gasteiger partial charge in [0, 0.05) is 10.4 Å². The first kappa shape index (κ1) is 16.8. The molecule has 0 spiro atoms. The van der Waals surface area contributed by atoms with Crippen LogP contribution in [0.3, 0.4) is 0 Å². The van der Waals surface area contributed by atoms with E-state index in [9.17, 15) is 4.79 Å². The number of aromatic amines is 1. The molecular formula is C23H15ClN2O2. The minimum absolute atomic E-state index is 0.412. The first-order valence-electron chi connectivity index (χ1n) is 8.93. The van der Waals surface area contributed by atoms with Gasteiger partial charge in [-0.2, -0.15) is 0 Å².